The molecule has 0 spiro atoms. The Morgan fingerprint density at radius 1 is 1.03 bits per heavy atom. The molecule has 2 aliphatic heterocycles. The van der Waals surface area contributed by atoms with Gasteiger partial charge in [-0.15, -0.1) is 0 Å². The molecule has 1 aromatic carbocycles. The standard InChI is InChI=1S/C24H30N4O3S/c29-17(14-28-23(30)20-15-5-6-16(13-15)21(20)24(28)31)7-8-26-9-11-27(12-10-26)22-18-3-1-2-4-19(18)32-25-22/h1-4,15-17,20-21,29H,5-14H2. The van der Waals surface area contributed by atoms with Crippen LogP contribution in [0.4, 0.5) is 5.82 Å². The number of piperazine rings is 1. The maximum Gasteiger partial charge on any atom is 0.233 e. The van der Waals surface area contributed by atoms with Gasteiger partial charge in [-0.1, -0.05) is 12.1 Å². The highest BCUT2D eigenvalue weighted by atomic mass is 32.1. The molecule has 2 saturated carbocycles. The van der Waals surface area contributed by atoms with Crippen LogP contribution < -0.4 is 4.90 Å². The number of carbonyl (C=O) groups excluding carboxylic acids is 2. The highest BCUT2D eigenvalue weighted by molar-refractivity contribution is 7.13. The van der Waals surface area contributed by atoms with E-state index < -0.39 is 6.10 Å². The van der Waals surface area contributed by atoms with Crippen LogP contribution in [0.3, 0.4) is 0 Å². The largest absolute Gasteiger partial charge is 0.391 e. The lowest BCUT2D eigenvalue weighted by Gasteiger charge is -2.35. The molecule has 170 valence electrons. The summed E-state index contributed by atoms with van der Waals surface area (Å²) in [4.78, 5) is 31.8. The van der Waals surface area contributed by atoms with Crippen molar-refractivity contribution in [1.29, 1.82) is 0 Å². The highest BCUT2D eigenvalue weighted by Gasteiger charge is 2.60. The van der Waals surface area contributed by atoms with Gasteiger partial charge in [0, 0.05) is 38.1 Å². The number of β-amino-alcohol motifs (C(OH)–C–C–N with tert-alkyl or cyclic N) is 1. The topological polar surface area (TPSA) is 77.0 Å². The SMILES string of the molecule is O=C1C2C3CCC(C3)C2C(=O)N1CC(O)CCN1CCN(c2nsc3ccccc23)CC1. The van der Waals surface area contributed by atoms with E-state index in [4.69, 9.17) is 0 Å². The van der Waals surface area contributed by atoms with E-state index in [9.17, 15) is 14.7 Å². The van der Waals surface area contributed by atoms with Gasteiger partial charge in [0.2, 0.25) is 11.8 Å². The van der Waals surface area contributed by atoms with Crippen molar-refractivity contribution in [2.45, 2.75) is 31.8 Å². The number of hydrogen-bond acceptors (Lipinski definition) is 7. The van der Waals surface area contributed by atoms with Crippen LogP contribution in [0.1, 0.15) is 25.7 Å². The smallest absolute Gasteiger partial charge is 0.233 e. The molecule has 7 nitrogen and oxygen atoms in total. The van der Waals surface area contributed by atoms with Crippen LogP contribution in [0.5, 0.6) is 0 Å². The summed E-state index contributed by atoms with van der Waals surface area (Å²) in [7, 11) is 0. The fourth-order valence-electron chi connectivity index (χ4n) is 6.57. The first-order valence-corrected chi connectivity index (χ1v) is 12.7. The average Bonchev–Trinajstić information content (AvgIpc) is 3.58. The van der Waals surface area contributed by atoms with Gasteiger partial charge in [-0.25, -0.2) is 0 Å². The number of fused-ring (bicyclic) bond motifs is 6. The van der Waals surface area contributed by atoms with Gasteiger partial charge >= 0.3 is 0 Å². The lowest BCUT2D eigenvalue weighted by molar-refractivity contribution is -0.142. The molecule has 1 N–H and O–H groups in total. The maximum absolute atomic E-state index is 12.8. The number of hydrogen-bond donors (Lipinski definition) is 1. The van der Waals surface area contributed by atoms with Crippen LogP contribution in [0.15, 0.2) is 24.3 Å². The zero-order valence-electron chi connectivity index (χ0n) is 18.2. The summed E-state index contributed by atoms with van der Waals surface area (Å²) in [6.07, 6.45) is 3.15. The fourth-order valence-corrected chi connectivity index (χ4v) is 7.36. The van der Waals surface area contributed by atoms with Gasteiger partial charge < -0.3 is 10.0 Å². The van der Waals surface area contributed by atoms with Crippen LogP contribution in [0.2, 0.25) is 0 Å². The molecule has 2 aliphatic carbocycles. The Labute approximate surface area is 192 Å². The zero-order valence-corrected chi connectivity index (χ0v) is 19.0. The Hall–Kier alpha value is -2.03. The molecule has 6 rings (SSSR count). The summed E-state index contributed by atoms with van der Waals surface area (Å²) < 4.78 is 5.89. The first-order chi connectivity index (χ1) is 15.6. The minimum Gasteiger partial charge on any atom is -0.391 e. The maximum atomic E-state index is 12.8. The monoisotopic (exact) mass is 454 g/mol. The van der Waals surface area contributed by atoms with E-state index in [0.29, 0.717) is 18.3 Å². The Kier molecular flexibility index (Phi) is 5.19. The molecule has 2 saturated heterocycles. The molecule has 8 heteroatoms. The van der Waals surface area contributed by atoms with Gasteiger partial charge in [-0.05, 0) is 61.2 Å². The van der Waals surface area contributed by atoms with Gasteiger partial charge in [-0.3, -0.25) is 19.4 Å². The quantitative estimate of drug-likeness (QED) is 0.675. The van der Waals surface area contributed by atoms with E-state index in [1.165, 1.54) is 15.0 Å². The number of carbonyl (C=O) groups is 2. The first-order valence-electron chi connectivity index (χ1n) is 11.9. The van der Waals surface area contributed by atoms with Gasteiger partial charge in [-0.2, -0.15) is 4.37 Å². The molecule has 5 unspecified atom stereocenters. The van der Waals surface area contributed by atoms with Gasteiger partial charge in [0.05, 0.1) is 29.2 Å². The molecule has 1 aromatic heterocycles. The number of nitrogens with zero attached hydrogens (tertiary/aromatic N) is 4. The summed E-state index contributed by atoms with van der Waals surface area (Å²) >= 11 is 1.55. The average molecular weight is 455 g/mol. The van der Waals surface area contributed by atoms with Crippen LogP contribution in [0.25, 0.3) is 10.1 Å². The Morgan fingerprint density at radius 2 is 1.72 bits per heavy atom. The van der Waals surface area contributed by atoms with Gasteiger partial charge in [0.25, 0.3) is 0 Å². The van der Waals surface area contributed by atoms with Crippen molar-refractivity contribution >= 4 is 39.3 Å². The lowest BCUT2D eigenvalue weighted by Crippen LogP contribution is -2.47. The second kappa shape index (κ2) is 8.08. The Bertz CT molecular complexity index is 1010. The molecule has 2 bridgehead atoms. The van der Waals surface area contributed by atoms with Crippen molar-refractivity contribution < 1.29 is 14.7 Å². The predicted octanol–water partition coefficient (Wildman–Crippen LogP) is 2.20. The molecule has 4 aliphatic rings. The van der Waals surface area contributed by atoms with E-state index in [2.05, 4.69) is 32.4 Å². The number of aliphatic hydroxyl groups is 1. The van der Waals surface area contributed by atoms with E-state index in [-0.39, 0.29) is 30.2 Å². The van der Waals surface area contributed by atoms with Gasteiger partial charge in [0.15, 0.2) is 0 Å². The number of amides is 2. The summed E-state index contributed by atoms with van der Waals surface area (Å²) in [5.41, 5.74) is 0. The summed E-state index contributed by atoms with van der Waals surface area (Å²) in [6, 6.07) is 8.36. The number of anilines is 1. The number of aromatic nitrogens is 1. The third kappa shape index (κ3) is 3.35. The van der Waals surface area contributed by atoms with E-state index in [1.54, 1.807) is 11.5 Å². The number of likely N-dealkylation sites (tertiary alicyclic amines) is 1. The predicted molar refractivity (Wildman–Crippen MR) is 123 cm³/mol. The molecular weight excluding hydrogens is 424 g/mol. The second-order valence-corrected chi connectivity index (χ2v) is 10.8. The summed E-state index contributed by atoms with van der Waals surface area (Å²) in [5.74, 6) is 1.65. The highest BCUT2D eigenvalue weighted by Crippen LogP contribution is 2.56. The molecule has 5 atom stereocenters. The van der Waals surface area contributed by atoms with E-state index in [1.807, 2.05) is 6.07 Å². The third-order valence-electron chi connectivity index (χ3n) is 8.22. The van der Waals surface area contributed by atoms with Crippen molar-refractivity contribution in [3.8, 4) is 0 Å². The van der Waals surface area contributed by atoms with Crippen molar-refractivity contribution in [1.82, 2.24) is 14.2 Å². The molecule has 32 heavy (non-hydrogen) atoms. The first kappa shape index (κ1) is 20.6. The van der Waals surface area contributed by atoms with E-state index in [0.717, 1.165) is 57.8 Å². The van der Waals surface area contributed by atoms with Gasteiger partial charge in [0.1, 0.15) is 5.82 Å². The van der Waals surface area contributed by atoms with Crippen LogP contribution >= 0.6 is 11.5 Å². The zero-order chi connectivity index (χ0) is 21.8. The normalized spacial score (nSPS) is 31.2. The summed E-state index contributed by atoms with van der Waals surface area (Å²) in [6.45, 7) is 4.62. The molecular formula is C24H30N4O3S. The molecule has 0 radical (unpaired) electrons. The number of benzene rings is 1. The Balaban J connectivity index is 0.996. The molecule has 4 fully saturated rings. The minimum atomic E-state index is -0.653. The third-order valence-corrected chi connectivity index (χ3v) is 9.04. The minimum absolute atomic E-state index is 0.0182. The fraction of sp³-hybridized carbons (Fsp3) is 0.625. The number of rotatable bonds is 6. The van der Waals surface area contributed by atoms with Crippen LogP contribution in [0, 0.1) is 23.7 Å². The number of imide groups is 1. The van der Waals surface area contributed by atoms with Crippen molar-refractivity contribution in [2.24, 2.45) is 23.7 Å². The molecule has 2 amide bonds. The van der Waals surface area contributed by atoms with Crippen molar-refractivity contribution in [2.75, 3.05) is 44.2 Å². The number of aliphatic hydroxyl groups excluding tert-OH is 1. The summed E-state index contributed by atoms with van der Waals surface area (Å²) in [5, 5.41) is 11.8. The van der Waals surface area contributed by atoms with Crippen molar-refractivity contribution in [3.05, 3.63) is 24.3 Å². The molecule has 3 heterocycles. The second-order valence-electron chi connectivity index (χ2n) is 9.95. The van der Waals surface area contributed by atoms with Crippen LogP contribution in [-0.2, 0) is 9.59 Å². The lowest BCUT2D eigenvalue weighted by atomic mass is 9.81. The molecule has 2 aromatic rings. The Morgan fingerprint density at radius 3 is 2.44 bits per heavy atom. The van der Waals surface area contributed by atoms with Crippen molar-refractivity contribution in [3.63, 3.8) is 0 Å². The van der Waals surface area contributed by atoms with E-state index >= 15 is 0 Å². The van der Waals surface area contributed by atoms with Crippen LogP contribution in [-0.4, -0.2) is 76.5 Å².